The molecule has 1 fully saturated rings. The number of ether oxygens (including phenoxy) is 1. The Morgan fingerprint density at radius 3 is 2.58 bits per heavy atom. The number of anilines is 1. The van der Waals surface area contributed by atoms with Crippen molar-refractivity contribution in [2.24, 2.45) is 0 Å². The highest BCUT2D eigenvalue weighted by atomic mass is 35.5. The summed E-state index contributed by atoms with van der Waals surface area (Å²) in [6.45, 7) is 3.87. The molecule has 7 nitrogen and oxygen atoms in total. The molecule has 1 aromatic heterocycles. The van der Waals surface area contributed by atoms with Crippen LogP contribution in [0.2, 0.25) is 0 Å². The van der Waals surface area contributed by atoms with Gasteiger partial charge in [0.25, 0.3) is 0 Å². The summed E-state index contributed by atoms with van der Waals surface area (Å²) >= 11 is 5.86. The number of benzene rings is 3. The molecule has 0 amide bonds. The summed E-state index contributed by atoms with van der Waals surface area (Å²) in [4.78, 5) is 4.77. The molecular weight excluding hydrogens is 460 g/mol. The Balaban J connectivity index is 1.67. The first-order chi connectivity index (χ1) is 16.0. The number of piperazine rings is 1. The topological polar surface area (TPSA) is 78.5 Å². The monoisotopic (exact) mass is 484 g/mol. The van der Waals surface area contributed by atoms with Gasteiger partial charge in [-0.1, -0.05) is 36.4 Å². The molecule has 0 spiro atoms. The smallest absolute Gasteiger partial charge is 0.224 e. The van der Waals surface area contributed by atoms with Gasteiger partial charge in [0, 0.05) is 48.7 Å². The summed E-state index contributed by atoms with van der Waals surface area (Å²) in [5.74, 6) is 0.851. The van der Waals surface area contributed by atoms with E-state index in [2.05, 4.69) is 27.0 Å². The fourth-order valence-electron chi connectivity index (χ4n) is 4.30. The molecule has 9 heteroatoms. The average molecular weight is 485 g/mol. The van der Waals surface area contributed by atoms with Crippen LogP contribution in [0.4, 0.5) is 5.69 Å². The predicted molar refractivity (Wildman–Crippen MR) is 131 cm³/mol. The highest BCUT2D eigenvalue weighted by Crippen LogP contribution is 2.37. The lowest BCUT2D eigenvalue weighted by Gasteiger charge is -2.34. The first-order valence-corrected chi connectivity index (χ1v) is 12.9. The lowest BCUT2D eigenvalue weighted by atomic mass is 10.1. The Morgan fingerprint density at radius 2 is 1.79 bits per heavy atom. The van der Waals surface area contributed by atoms with Gasteiger partial charge in [-0.25, -0.2) is 8.42 Å². The van der Waals surface area contributed by atoms with Crippen molar-refractivity contribution in [3.8, 4) is 5.75 Å². The Labute approximate surface area is 197 Å². The van der Waals surface area contributed by atoms with E-state index in [4.69, 9.17) is 16.3 Å². The van der Waals surface area contributed by atoms with E-state index in [-0.39, 0.29) is 9.92 Å². The second-order valence-electron chi connectivity index (χ2n) is 8.20. The Hall–Kier alpha value is -2.81. The van der Waals surface area contributed by atoms with Gasteiger partial charge < -0.3 is 14.5 Å². The van der Waals surface area contributed by atoms with E-state index in [1.165, 1.54) is 0 Å². The third-order valence-corrected chi connectivity index (χ3v) is 8.02. The van der Waals surface area contributed by atoms with E-state index in [1.54, 1.807) is 12.1 Å². The summed E-state index contributed by atoms with van der Waals surface area (Å²) in [7, 11) is -1.77. The number of hydrogen-bond acceptors (Lipinski definition) is 6. The summed E-state index contributed by atoms with van der Waals surface area (Å²) in [5.41, 5.74) is 1.40. The minimum atomic E-state index is -3.87. The number of fused-ring (bicyclic) bond motifs is 2. The van der Waals surface area contributed by atoms with Crippen LogP contribution in [0, 0.1) is 0 Å². The van der Waals surface area contributed by atoms with Crippen molar-refractivity contribution in [3.05, 3.63) is 54.6 Å². The van der Waals surface area contributed by atoms with Gasteiger partial charge in [0.05, 0.1) is 10.8 Å². The maximum atomic E-state index is 13.8. The molecule has 0 radical (unpaired) electrons. The molecule has 0 saturated carbocycles. The third-order valence-electron chi connectivity index (χ3n) is 6.08. The number of sulfone groups is 1. The second kappa shape index (κ2) is 8.85. The minimum absolute atomic E-state index is 0.0700. The van der Waals surface area contributed by atoms with Gasteiger partial charge >= 0.3 is 0 Å². The van der Waals surface area contributed by atoms with E-state index in [1.807, 2.05) is 42.5 Å². The maximum Gasteiger partial charge on any atom is 0.224 e. The van der Waals surface area contributed by atoms with E-state index >= 15 is 0 Å². The number of likely N-dealkylation sites (N-methyl/N-ethyl adjacent to an activating group) is 1. The predicted octanol–water partition coefficient (Wildman–Crippen LogP) is 3.92. The minimum Gasteiger partial charge on any atom is -0.490 e. The standard InChI is InChI=1S/C24H25ClN4O3S/c1-28-10-12-29(13-11-28)18-15-20-23(21(16-18)32-14-9-25)26-27-24(20)33(30,31)22-8-4-6-17-5-2-3-7-19(17)22/h2-8,15-16H,9-14H2,1H3,(H,26,27). The van der Waals surface area contributed by atoms with Crippen LogP contribution in [0.15, 0.2) is 64.5 Å². The van der Waals surface area contributed by atoms with E-state index in [9.17, 15) is 8.42 Å². The zero-order valence-electron chi connectivity index (χ0n) is 18.3. The molecule has 3 aromatic carbocycles. The van der Waals surface area contributed by atoms with Crippen LogP contribution in [0.3, 0.4) is 0 Å². The molecule has 172 valence electrons. The summed E-state index contributed by atoms with van der Waals surface area (Å²) < 4.78 is 33.5. The van der Waals surface area contributed by atoms with Crippen molar-refractivity contribution in [2.75, 3.05) is 50.6 Å². The first kappa shape index (κ1) is 22.0. The molecule has 0 bridgehead atoms. The number of alkyl halides is 1. The van der Waals surface area contributed by atoms with E-state index in [0.29, 0.717) is 34.5 Å². The molecule has 1 aliphatic rings. The Morgan fingerprint density at radius 1 is 1.03 bits per heavy atom. The highest BCUT2D eigenvalue weighted by molar-refractivity contribution is 7.91. The van der Waals surface area contributed by atoms with Crippen molar-refractivity contribution in [1.29, 1.82) is 0 Å². The lowest BCUT2D eigenvalue weighted by molar-refractivity contribution is 0.312. The largest absolute Gasteiger partial charge is 0.490 e. The molecule has 2 heterocycles. The zero-order chi connectivity index (χ0) is 23.0. The van der Waals surface area contributed by atoms with Crippen LogP contribution >= 0.6 is 11.6 Å². The van der Waals surface area contributed by atoms with Gasteiger partial charge in [-0.05, 0) is 24.6 Å². The molecule has 0 unspecified atom stereocenters. The van der Waals surface area contributed by atoms with Gasteiger partial charge in [0.1, 0.15) is 17.9 Å². The van der Waals surface area contributed by atoms with Crippen molar-refractivity contribution < 1.29 is 13.2 Å². The quantitative estimate of drug-likeness (QED) is 0.418. The normalized spacial score (nSPS) is 15.4. The van der Waals surface area contributed by atoms with Crippen LogP contribution in [-0.4, -0.2) is 69.2 Å². The average Bonchev–Trinajstić information content (AvgIpc) is 3.27. The third kappa shape index (κ3) is 4.03. The Kier molecular flexibility index (Phi) is 5.90. The van der Waals surface area contributed by atoms with Crippen LogP contribution in [0.25, 0.3) is 21.7 Å². The van der Waals surface area contributed by atoms with E-state index in [0.717, 1.165) is 37.3 Å². The fourth-order valence-corrected chi connectivity index (χ4v) is 5.94. The van der Waals surface area contributed by atoms with Crippen molar-refractivity contribution in [3.63, 3.8) is 0 Å². The number of halogens is 1. The number of rotatable bonds is 6. The number of H-pyrrole nitrogens is 1. The molecule has 1 N–H and O–H groups in total. The lowest BCUT2D eigenvalue weighted by Crippen LogP contribution is -2.44. The Bertz CT molecular complexity index is 1410. The zero-order valence-corrected chi connectivity index (χ0v) is 19.9. The number of nitrogens with one attached hydrogen (secondary N) is 1. The van der Waals surface area contributed by atoms with E-state index < -0.39 is 9.84 Å². The molecular formula is C24H25ClN4O3S. The molecule has 0 atom stereocenters. The molecule has 4 aromatic rings. The molecule has 33 heavy (non-hydrogen) atoms. The number of nitrogens with zero attached hydrogens (tertiary/aromatic N) is 3. The van der Waals surface area contributed by atoms with Crippen LogP contribution in [-0.2, 0) is 9.84 Å². The summed E-state index contributed by atoms with van der Waals surface area (Å²) in [6.07, 6.45) is 0. The van der Waals surface area contributed by atoms with Crippen molar-refractivity contribution in [2.45, 2.75) is 9.92 Å². The summed E-state index contributed by atoms with van der Waals surface area (Å²) in [5, 5.41) is 9.27. The van der Waals surface area contributed by atoms with Gasteiger partial charge in [-0.15, -0.1) is 11.6 Å². The van der Waals surface area contributed by atoms with Gasteiger partial charge in [0.15, 0.2) is 5.03 Å². The highest BCUT2D eigenvalue weighted by Gasteiger charge is 2.27. The maximum absolute atomic E-state index is 13.8. The van der Waals surface area contributed by atoms with Crippen LogP contribution in [0.5, 0.6) is 5.75 Å². The second-order valence-corrected chi connectivity index (χ2v) is 10.4. The van der Waals surface area contributed by atoms with Gasteiger partial charge in [-0.3, -0.25) is 5.10 Å². The van der Waals surface area contributed by atoms with Gasteiger partial charge in [0.2, 0.25) is 9.84 Å². The van der Waals surface area contributed by atoms with Crippen molar-refractivity contribution >= 4 is 48.8 Å². The van der Waals surface area contributed by atoms with Crippen molar-refractivity contribution in [1.82, 2.24) is 15.1 Å². The van der Waals surface area contributed by atoms with Crippen LogP contribution in [0.1, 0.15) is 0 Å². The van der Waals surface area contributed by atoms with Crippen LogP contribution < -0.4 is 9.64 Å². The van der Waals surface area contributed by atoms with Gasteiger partial charge in [-0.2, -0.15) is 5.10 Å². The summed E-state index contributed by atoms with van der Waals surface area (Å²) in [6, 6.07) is 16.6. The fraction of sp³-hybridized carbons (Fsp3) is 0.292. The molecule has 5 rings (SSSR count). The molecule has 1 aliphatic heterocycles. The molecule has 1 saturated heterocycles. The number of aromatic nitrogens is 2. The number of aromatic amines is 1. The molecule has 0 aliphatic carbocycles. The SMILES string of the molecule is CN1CCN(c2cc(OCCCl)c3n[nH]c(S(=O)(=O)c4cccc5ccccc45)c3c2)CC1. The first-order valence-electron chi connectivity index (χ1n) is 10.9. The number of hydrogen-bond donors (Lipinski definition) is 1.